The van der Waals surface area contributed by atoms with Crippen LogP contribution in [0.15, 0.2) is 17.4 Å². The molecule has 0 saturated carbocycles. The first-order chi connectivity index (χ1) is 4.16. The van der Waals surface area contributed by atoms with Crippen LogP contribution in [0.3, 0.4) is 0 Å². The second-order valence-corrected chi connectivity index (χ2v) is 2.61. The predicted molar refractivity (Wildman–Crippen MR) is 38.4 cm³/mol. The van der Waals surface area contributed by atoms with Crippen molar-refractivity contribution >= 4 is 0 Å². The molecule has 0 aliphatic heterocycles. The van der Waals surface area contributed by atoms with Crippen molar-refractivity contribution in [2.24, 2.45) is 11.0 Å². The molecular weight excluding hydrogens is 112 g/mol. The zero-order valence-electron chi connectivity index (χ0n) is 6.15. The summed E-state index contributed by atoms with van der Waals surface area (Å²) in [6.07, 6.45) is 1.95. The van der Waals surface area contributed by atoms with Gasteiger partial charge in [-0.25, -0.2) is 5.53 Å². The highest BCUT2D eigenvalue weighted by molar-refractivity contribution is 4.88. The lowest BCUT2D eigenvalue weighted by molar-refractivity contribution is 0.580. The van der Waals surface area contributed by atoms with Gasteiger partial charge in [-0.15, -0.1) is 0 Å². The van der Waals surface area contributed by atoms with Gasteiger partial charge in [0.15, 0.2) is 0 Å². The van der Waals surface area contributed by atoms with Crippen molar-refractivity contribution in [1.29, 1.82) is 5.53 Å². The quantitative estimate of drug-likeness (QED) is 0.562. The Kier molecular flexibility index (Phi) is 3.93. The summed E-state index contributed by atoms with van der Waals surface area (Å²) >= 11 is 0. The van der Waals surface area contributed by atoms with Crippen LogP contribution in [0.5, 0.6) is 0 Å². The highest BCUT2D eigenvalue weighted by Gasteiger charge is 1.94. The molecule has 0 aliphatic rings. The van der Waals surface area contributed by atoms with E-state index < -0.39 is 0 Å². The van der Waals surface area contributed by atoms with Gasteiger partial charge in [0.2, 0.25) is 0 Å². The molecule has 0 rings (SSSR count). The molecular formula is C7H14N2. The van der Waals surface area contributed by atoms with Crippen LogP contribution >= 0.6 is 0 Å². The van der Waals surface area contributed by atoms with E-state index in [1.54, 1.807) is 0 Å². The minimum atomic E-state index is 0.684. The topological polar surface area (TPSA) is 36.2 Å². The average molecular weight is 126 g/mol. The van der Waals surface area contributed by atoms with Gasteiger partial charge in [0.1, 0.15) is 0 Å². The Bertz CT molecular complexity index is 105. The van der Waals surface area contributed by atoms with Gasteiger partial charge >= 0.3 is 0 Å². The largest absolute Gasteiger partial charge is 0.205 e. The Morgan fingerprint density at radius 2 is 2.22 bits per heavy atom. The van der Waals surface area contributed by atoms with Crippen molar-refractivity contribution in [3.63, 3.8) is 0 Å². The standard InChI is InChI=1S/C7H14N2/c1-6(2)4-5-7(3)9-8/h6,8H,3-5H2,1-2H3. The van der Waals surface area contributed by atoms with Crippen molar-refractivity contribution in [1.82, 2.24) is 0 Å². The Hall–Kier alpha value is -0.660. The number of allylic oxidation sites excluding steroid dienone is 1. The minimum Gasteiger partial charge on any atom is -0.205 e. The molecule has 0 aromatic carbocycles. The first-order valence-corrected chi connectivity index (χ1v) is 3.22. The molecule has 2 heteroatoms. The van der Waals surface area contributed by atoms with Gasteiger partial charge in [0, 0.05) is 0 Å². The number of nitrogens with one attached hydrogen (secondary N) is 1. The van der Waals surface area contributed by atoms with Gasteiger partial charge < -0.3 is 0 Å². The molecule has 0 aromatic rings. The molecule has 0 fully saturated rings. The van der Waals surface area contributed by atoms with E-state index in [0.717, 1.165) is 12.8 Å². The fourth-order valence-electron chi connectivity index (χ4n) is 0.511. The molecule has 2 nitrogen and oxygen atoms in total. The molecule has 0 spiro atoms. The summed E-state index contributed by atoms with van der Waals surface area (Å²) in [4.78, 5) is 0. The number of hydrogen-bond donors (Lipinski definition) is 1. The number of hydrogen-bond acceptors (Lipinski definition) is 2. The SMILES string of the molecule is C=C(CCC(C)C)N=N. The number of rotatable bonds is 4. The molecule has 52 valence electrons. The van der Waals surface area contributed by atoms with Crippen LogP contribution in [-0.2, 0) is 0 Å². The summed E-state index contributed by atoms with van der Waals surface area (Å²) in [7, 11) is 0. The van der Waals surface area contributed by atoms with Crippen LogP contribution in [0.2, 0.25) is 0 Å². The minimum absolute atomic E-state index is 0.684. The lowest BCUT2D eigenvalue weighted by Crippen LogP contribution is -1.86. The molecule has 0 heterocycles. The molecule has 0 aliphatic carbocycles. The van der Waals surface area contributed by atoms with Gasteiger partial charge in [0.05, 0.1) is 5.70 Å². The third kappa shape index (κ3) is 5.21. The van der Waals surface area contributed by atoms with Crippen LogP contribution in [0.25, 0.3) is 0 Å². The Labute approximate surface area is 56.5 Å². The second-order valence-electron chi connectivity index (χ2n) is 2.61. The normalized spacial score (nSPS) is 9.67. The lowest BCUT2D eigenvalue weighted by Gasteiger charge is -2.00. The van der Waals surface area contributed by atoms with Crippen LogP contribution in [0, 0.1) is 11.4 Å². The molecule has 9 heavy (non-hydrogen) atoms. The monoisotopic (exact) mass is 126 g/mol. The van der Waals surface area contributed by atoms with Crippen molar-refractivity contribution in [3.05, 3.63) is 12.3 Å². The fraction of sp³-hybridized carbons (Fsp3) is 0.714. The van der Waals surface area contributed by atoms with E-state index >= 15 is 0 Å². The first-order valence-electron chi connectivity index (χ1n) is 3.22. The van der Waals surface area contributed by atoms with Crippen molar-refractivity contribution in [3.8, 4) is 0 Å². The summed E-state index contributed by atoms with van der Waals surface area (Å²) in [6, 6.07) is 0. The number of nitrogens with zero attached hydrogens (tertiary/aromatic N) is 1. The summed E-state index contributed by atoms with van der Waals surface area (Å²) in [5.41, 5.74) is 7.26. The smallest absolute Gasteiger partial charge is 0.0552 e. The molecule has 0 unspecified atom stereocenters. The predicted octanol–water partition coefficient (Wildman–Crippen LogP) is 2.97. The zero-order valence-corrected chi connectivity index (χ0v) is 6.15. The van der Waals surface area contributed by atoms with Crippen molar-refractivity contribution in [2.45, 2.75) is 26.7 Å². The fourth-order valence-corrected chi connectivity index (χ4v) is 0.511. The summed E-state index contributed by atoms with van der Waals surface area (Å²) in [5.74, 6) is 0.684. The second kappa shape index (κ2) is 4.24. The van der Waals surface area contributed by atoms with Gasteiger partial charge in [-0.05, 0) is 18.8 Å². The van der Waals surface area contributed by atoms with Crippen molar-refractivity contribution in [2.75, 3.05) is 0 Å². The zero-order chi connectivity index (χ0) is 7.28. The molecule has 0 atom stereocenters. The van der Waals surface area contributed by atoms with Gasteiger partial charge in [-0.3, -0.25) is 0 Å². The Morgan fingerprint density at radius 1 is 1.67 bits per heavy atom. The Morgan fingerprint density at radius 3 is 2.56 bits per heavy atom. The van der Waals surface area contributed by atoms with E-state index in [4.69, 9.17) is 5.53 Å². The maximum Gasteiger partial charge on any atom is 0.0552 e. The highest BCUT2D eigenvalue weighted by atomic mass is 15.0. The van der Waals surface area contributed by atoms with E-state index in [1.165, 1.54) is 0 Å². The highest BCUT2D eigenvalue weighted by Crippen LogP contribution is 2.09. The third-order valence-corrected chi connectivity index (χ3v) is 1.17. The molecule has 0 saturated heterocycles. The Balaban J connectivity index is 3.27. The van der Waals surface area contributed by atoms with E-state index in [9.17, 15) is 0 Å². The molecule has 0 aromatic heterocycles. The van der Waals surface area contributed by atoms with Gasteiger partial charge in [-0.1, -0.05) is 20.4 Å². The van der Waals surface area contributed by atoms with E-state index in [-0.39, 0.29) is 0 Å². The summed E-state index contributed by atoms with van der Waals surface area (Å²) < 4.78 is 0. The summed E-state index contributed by atoms with van der Waals surface area (Å²) in [5, 5.41) is 3.22. The van der Waals surface area contributed by atoms with E-state index in [0.29, 0.717) is 11.6 Å². The van der Waals surface area contributed by atoms with Gasteiger partial charge in [-0.2, -0.15) is 5.11 Å². The molecule has 1 N–H and O–H groups in total. The molecule has 0 amide bonds. The maximum absolute atomic E-state index is 6.58. The average Bonchev–Trinajstić information content (AvgIpc) is 1.83. The molecule has 0 bridgehead atoms. The van der Waals surface area contributed by atoms with Crippen LogP contribution in [-0.4, -0.2) is 0 Å². The lowest BCUT2D eigenvalue weighted by atomic mass is 10.1. The molecule has 0 radical (unpaired) electrons. The van der Waals surface area contributed by atoms with Crippen LogP contribution in [0.1, 0.15) is 26.7 Å². The third-order valence-electron chi connectivity index (χ3n) is 1.17. The first kappa shape index (κ1) is 8.34. The maximum atomic E-state index is 6.58. The van der Waals surface area contributed by atoms with E-state index in [2.05, 4.69) is 25.5 Å². The van der Waals surface area contributed by atoms with E-state index in [1.807, 2.05) is 0 Å². The van der Waals surface area contributed by atoms with Crippen molar-refractivity contribution < 1.29 is 0 Å². The van der Waals surface area contributed by atoms with Crippen LogP contribution in [0.4, 0.5) is 0 Å². The summed E-state index contributed by atoms with van der Waals surface area (Å²) in [6.45, 7) is 7.89. The van der Waals surface area contributed by atoms with Crippen LogP contribution < -0.4 is 0 Å². The van der Waals surface area contributed by atoms with Gasteiger partial charge in [0.25, 0.3) is 0 Å².